The highest BCUT2D eigenvalue weighted by Gasteiger charge is 2.52. The van der Waals surface area contributed by atoms with Gasteiger partial charge in [-0.2, -0.15) is 5.10 Å². The smallest absolute Gasteiger partial charge is 0.165 e. The molecule has 6 rings (SSSR count). The molecule has 0 aromatic carbocycles. The highest BCUT2D eigenvalue weighted by atomic mass is 32.1. The normalized spacial score (nSPS) is 17.8. The molecule has 2 aliphatic rings. The summed E-state index contributed by atoms with van der Waals surface area (Å²) in [5.74, 6) is 1.11. The molecule has 2 fully saturated rings. The van der Waals surface area contributed by atoms with Crippen molar-refractivity contribution in [1.29, 1.82) is 0 Å². The topological polar surface area (TPSA) is 83.6 Å². The number of nitrogens with zero attached hydrogens (tertiary/aromatic N) is 5. The van der Waals surface area contributed by atoms with Gasteiger partial charge in [0.2, 0.25) is 0 Å². The Morgan fingerprint density at radius 3 is 2.77 bits per heavy atom. The molecule has 1 N–H and O–H groups in total. The Labute approximate surface area is 176 Å². The fraction of sp³-hybridized carbons (Fsp3) is 0.273. The second kappa shape index (κ2) is 6.45. The minimum absolute atomic E-state index is 0.405. The zero-order chi connectivity index (χ0) is 20.3. The molecule has 1 aliphatic heterocycles. The van der Waals surface area contributed by atoms with Crippen molar-refractivity contribution in [2.75, 3.05) is 18.0 Å². The summed E-state index contributed by atoms with van der Waals surface area (Å²) in [5.41, 5.74) is 2.94. The van der Waals surface area contributed by atoms with Gasteiger partial charge in [-0.3, -0.25) is 4.79 Å². The Kier molecular flexibility index (Phi) is 3.81. The van der Waals surface area contributed by atoms with Crippen LogP contribution in [-0.2, 0) is 0 Å². The molecule has 150 valence electrons. The maximum atomic E-state index is 11.6. The van der Waals surface area contributed by atoms with E-state index in [-0.39, 0.29) is 0 Å². The van der Waals surface area contributed by atoms with Crippen molar-refractivity contribution < 1.29 is 9.90 Å². The molecule has 0 bridgehead atoms. The van der Waals surface area contributed by atoms with Crippen molar-refractivity contribution >= 4 is 29.1 Å². The van der Waals surface area contributed by atoms with Crippen molar-refractivity contribution in [3.8, 4) is 21.8 Å². The number of carbonyl (C=O) groups excluding carboxylic acids is 1. The Hall–Kier alpha value is -3.10. The van der Waals surface area contributed by atoms with E-state index in [1.807, 2.05) is 34.7 Å². The molecule has 1 saturated heterocycles. The number of rotatable bonds is 5. The molecule has 1 saturated carbocycles. The summed E-state index contributed by atoms with van der Waals surface area (Å²) in [4.78, 5) is 24.3. The number of pyridine rings is 1. The second-order valence-electron chi connectivity index (χ2n) is 8.11. The predicted molar refractivity (Wildman–Crippen MR) is 115 cm³/mol. The van der Waals surface area contributed by atoms with Crippen LogP contribution in [0, 0.1) is 5.92 Å². The van der Waals surface area contributed by atoms with Crippen molar-refractivity contribution in [3.05, 3.63) is 53.7 Å². The lowest BCUT2D eigenvalue weighted by molar-refractivity contribution is -0.00973. The van der Waals surface area contributed by atoms with Crippen LogP contribution in [0.4, 0.5) is 5.82 Å². The lowest BCUT2D eigenvalue weighted by Crippen LogP contribution is -2.63. The molecule has 30 heavy (non-hydrogen) atoms. The standard InChI is InChI=1S/C22H19N5O2S/c28-11-14-8-18(24-20(9-14)26-12-22(29,13-26)15-3-4-15)16-10-23-27-6-5-17(25-21(16)27)19-2-1-7-30-19/h1-2,5-11,15,29H,3-4,12-13H2. The third-order valence-electron chi connectivity index (χ3n) is 5.98. The van der Waals surface area contributed by atoms with Crippen LogP contribution in [0.2, 0.25) is 0 Å². The average Bonchev–Trinajstić information content (AvgIpc) is 3.30. The van der Waals surface area contributed by atoms with Crippen LogP contribution in [0.15, 0.2) is 48.1 Å². The SMILES string of the molecule is O=Cc1cc(-c2cnn3ccc(-c4cccs4)nc23)nc(N2CC(O)(C3CC3)C2)c1. The van der Waals surface area contributed by atoms with E-state index < -0.39 is 5.60 Å². The van der Waals surface area contributed by atoms with E-state index in [2.05, 4.69) is 5.10 Å². The number of carbonyl (C=O) groups is 1. The molecule has 4 aromatic rings. The minimum Gasteiger partial charge on any atom is -0.386 e. The van der Waals surface area contributed by atoms with Gasteiger partial charge in [0.05, 0.1) is 41.1 Å². The first-order valence-electron chi connectivity index (χ1n) is 9.96. The summed E-state index contributed by atoms with van der Waals surface area (Å²) in [6, 6.07) is 9.52. The van der Waals surface area contributed by atoms with E-state index in [9.17, 15) is 9.90 Å². The number of hydrogen-bond donors (Lipinski definition) is 1. The van der Waals surface area contributed by atoms with Gasteiger partial charge in [-0.05, 0) is 48.4 Å². The first-order chi connectivity index (χ1) is 14.6. The maximum absolute atomic E-state index is 11.6. The molecule has 0 radical (unpaired) electrons. The summed E-state index contributed by atoms with van der Waals surface area (Å²) >= 11 is 1.63. The Morgan fingerprint density at radius 2 is 2.03 bits per heavy atom. The number of anilines is 1. The zero-order valence-electron chi connectivity index (χ0n) is 16.1. The van der Waals surface area contributed by atoms with Gasteiger partial charge in [0, 0.05) is 11.8 Å². The lowest BCUT2D eigenvalue weighted by atomic mass is 9.88. The van der Waals surface area contributed by atoms with Crippen LogP contribution in [0.5, 0.6) is 0 Å². The summed E-state index contributed by atoms with van der Waals surface area (Å²) in [7, 11) is 0. The first-order valence-corrected chi connectivity index (χ1v) is 10.8. The van der Waals surface area contributed by atoms with Gasteiger partial charge in [-0.15, -0.1) is 11.3 Å². The Balaban J connectivity index is 1.40. The molecule has 4 aromatic heterocycles. The molecule has 5 heterocycles. The van der Waals surface area contributed by atoms with E-state index in [4.69, 9.17) is 9.97 Å². The van der Waals surface area contributed by atoms with Gasteiger partial charge in [0.1, 0.15) is 17.7 Å². The number of fused-ring (bicyclic) bond motifs is 1. The van der Waals surface area contributed by atoms with Gasteiger partial charge in [-0.25, -0.2) is 14.5 Å². The van der Waals surface area contributed by atoms with E-state index >= 15 is 0 Å². The van der Waals surface area contributed by atoms with Gasteiger partial charge >= 0.3 is 0 Å². The van der Waals surface area contributed by atoms with Gasteiger partial charge < -0.3 is 10.0 Å². The highest BCUT2D eigenvalue weighted by molar-refractivity contribution is 7.13. The number of aliphatic hydroxyl groups is 1. The Morgan fingerprint density at radius 1 is 1.17 bits per heavy atom. The van der Waals surface area contributed by atoms with Crippen LogP contribution in [0.3, 0.4) is 0 Å². The van der Waals surface area contributed by atoms with Gasteiger partial charge in [0.25, 0.3) is 0 Å². The van der Waals surface area contributed by atoms with Crippen molar-refractivity contribution in [3.63, 3.8) is 0 Å². The van der Waals surface area contributed by atoms with Crippen molar-refractivity contribution in [2.45, 2.75) is 18.4 Å². The summed E-state index contributed by atoms with van der Waals surface area (Å²) < 4.78 is 1.72. The Bertz CT molecular complexity index is 1260. The monoisotopic (exact) mass is 417 g/mol. The molecule has 0 atom stereocenters. The van der Waals surface area contributed by atoms with Crippen molar-refractivity contribution in [1.82, 2.24) is 19.6 Å². The lowest BCUT2D eigenvalue weighted by Gasteiger charge is -2.47. The number of thiophene rings is 1. The number of aromatic nitrogens is 4. The molecule has 0 amide bonds. The number of hydrogen-bond acceptors (Lipinski definition) is 7. The van der Waals surface area contributed by atoms with Gasteiger partial charge in [0.15, 0.2) is 5.65 Å². The van der Waals surface area contributed by atoms with E-state index in [0.717, 1.165) is 35.3 Å². The predicted octanol–water partition coefficient (Wildman–Crippen LogP) is 3.29. The van der Waals surface area contributed by atoms with Gasteiger partial charge in [-0.1, -0.05) is 6.07 Å². The molecule has 7 nitrogen and oxygen atoms in total. The largest absolute Gasteiger partial charge is 0.386 e. The highest BCUT2D eigenvalue weighted by Crippen LogP contribution is 2.45. The van der Waals surface area contributed by atoms with Crippen LogP contribution >= 0.6 is 11.3 Å². The zero-order valence-corrected chi connectivity index (χ0v) is 16.9. The summed E-state index contributed by atoms with van der Waals surface area (Å²) in [6.07, 6.45) is 6.64. The fourth-order valence-electron chi connectivity index (χ4n) is 4.17. The average molecular weight is 417 g/mol. The molecule has 8 heteroatoms. The fourth-order valence-corrected chi connectivity index (χ4v) is 4.87. The van der Waals surface area contributed by atoms with Crippen molar-refractivity contribution in [2.24, 2.45) is 5.92 Å². The van der Waals surface area contributed by atoms with E-state index in [1.165, 1.54) is 0 Å². The number of aldehydes is 1. The van der Waals surface area contributed by atoms with E-state index in [0.29, 0.717) is 41.7 Å². The van der Waals surface area contributed by atoms with Crippen LogP contribution in [0.1, 0.15) is 23.2 Å². The first kappa shape index (κ1) is 17.7. The van der Waals surface area contributed by atoms with Crippen LogP contribution in [-0.4, -0.2) is 49.7 Å². The summed E-state index contributed by atoms with van der Waals surface area (Å²) in [5, 5.41) is 17.1. The quantitative estimate of drug-likeness (QED) is 0.502. The molecule has 1 aliphatic carbocycles. The third kappa shape index (κ3) is 2.83. The molecule has 0 unspecified atom stereocenters. The summed E-state index contributed by atoms with van der Waals surface area (Å²) in [6.45, 7) is 1.11. The van der Waals surface area contributed by atoms with Crippen LogP contribution in [0.25, 0.3) is 27.5 Å². The van der Waals surface area contributed by atoms with E-state index in [1.54, 1.807) is 34.2 Å². The molecular weight excluding hydrogens is 398 g/mol. The molecular formula is C22H19N5O2S. The second-order valence-corrected chi connectivity index (χ2v) is 9.06. The minimum atomic E-state index is -0.611. The maximum Gasteiger partial charge on any atom is 0.165 e. The van der Waals surface area contributed by atoms with Crippen LogP contribution < -0.4 is 4.90 Å². The number of β-amino-alcohol motifs (C(OH)–C–C–N with tert-alkyl or cyclic N) is 1. The third-order valence-corrected chi connectivity index (χ3v) is 6.87. The molecule has 0 spiro atoms.